The van der Waals surface area contributed by atoms with Gasteiger partial charge < -0.3 is 0 Å². The van der Waals surface area contributed by atoms with Crippen molar-refractivity contribution in [3.05, 3.63) is 95.1 Å². The minimum absolute atomic E-state index is 1.01. The van der Waals surface area contributed by atoms with Gasteiger partial charge in [0.1, 0.15) is 0 Å². The first-order valence-corrected chi connectivity index (χ1v) is 9.05. The molecule has 0 unspecified atom stereocenters. The lowest BCUT2D eigenvalue weighted by molar-refractivity contribution is 0.681. The first-order chi connectivity index (χ1) is 11.8. The van der Waals surface area contributed by atoms with Crippen molar-refractivity contribution < 1.29 is 0 Å². The maximum absolute atomic E-state index is 4.42. The summed E-state index contributed by atoms with van der Waals surface area (Å²) in [6.45, 7) is 4.42. The fraction of sp³-hybridized carbons (Fsp3) is 0.250. The molecule has 24 heavy (non-hydrogen) atoms. The third kappa shape index (κ3) is 2.89. The molecule has 2 aliphatic rings. The summed E-state index contributed by atoms with van der Waals surface area (Å²) in [7, 11) is 0. The minimum atomic E-state index is 1.01. The van der Waals surface area contributed by atoms with Crippen molar-refractivity contribution in [2.24, 2.45) is 0 Å². The maximum Gasteiger partial charge on any atom is -0.00577 e. The normalized spacial score (nSPS) is 18.4. The molecule has 0 nitrogen and oxygen atoms in total. The van der Waals surface area contributed by atoms with Crippen molar-refractivity contribution in [1.29, 1.82) is 0 Å². The quantitative estimate of drug-likeness (QED) is 0.534. The molecule has 0 N–H and O–H groups in total. The van der Waals surface area contributed by atoms with E-state index in [0.29, 0.717) is 0 Å². The summed E-state index contributed by atoms with van der Waals surface area (Å²) in [5.74, 6) is 0. The predicted octanol–water partition coefficient (Wildman–Crippen LogP) is 6.82. The third-order valence-electron chi connectivity index (χ3n) is 5.29. The van der Waals surface area contributed by atoms with E-state index in [1.165, 1.54) is 53.5 Å². The first kappa shape index (κ1) is 15.2. The summed E-state index contributed by atoms with van der Waals surface area (Å²) in [5, 5.41) is 0. The summed E-state index contributed by atoms with van der Waals surface area (Å²) in [6, 6.07) is 21.9. The summed E-state index contributed by atoms with van der Waals surface area (Å²) in [6.07, 6.45) is 7.07. The van der Waals surface area contributed by atoms with Gasteiger partial charge in [-0.2, -0.15) is 0 Å². The molecule has 0 spiro atoms. The van der Waals surface area contributed by atoms with Crippen LogP contribution >= 0.6 is 0 Å². The van der Waals surface area contributed by atoms with Crippen molar-refractivity contribution >= 4 is 11.1 Å². The van der Waals surface area contributed by atoms with E-state index < -0.39 is 0 Å². The molecular weight excluding hydrogens is 288 g/mol. The number of allylic oxidation sites excluding steroid dienone is 5. The molecule has 0 heteroatoms. The van der Waals surface area contributed by atoms with E-state index in [1.54, 1.807) is 11.1 Å². The fourth-order valence-electron chi connectivity index (χ4n) is 4.18. The van der Waals surface area contributed by atoms with Crippen molar-refractivity contribution in [3.63, 3.8) is 0 Å². The van der Waals surface area contributed by atoms with Gasteiger partial charge in [0.25, 0.3) is 0 Å². The van der Waals surface area contributed by atoms with E-state index in [9.17, 15) is 0 Å². The Balaban J connectivity index is 1.92. The van der Waals surface area contributed by atoms with Crippen molar-refractivity contribution in [1.82, 2.24) is 0 Å². The molecule has 2 aliphatic carbocycles. The van der Waals surface area contributed by atoms with Crippen LogP contribution in [0.1, 0.15) is 49.7 Å². The van der Waals surface area contributed by atoms with Crippen LogP contribution in [0.15, 0.2) is 84.0 Å². The molecule has 0 atom stereocenters. The van der Waals surface area contributed by atoms with Gasteiger partial charge in [0.05, 0.1) is 0 Å². The van der Waals surface area contributed by atoms with E-state index in [4.69, 9.17) is 0 Å². The molecule has 0 saturated heterocycles. The van der Waals surface area contributed by atoms with Gasteiger partial charge in [-0.05, 0) is 71.9 Å². The summed E-state index contributed by atoms with van der Waals surface area (Å²) in [5.41, 5.74) is 10.3. The van der Waals surface area contributed by atoms with Crippen LogP contribution in [0, 0.1) is 0 Å². The fourth-order valence-corrected chi connectivity index (χ4v) is 4.18. The lowest BCUT2D eigenvalue weighted by Gasteiger charge is -2.24. The highest BCUT2D eigenvalue weighted by Crippen LogP contribution is 2.45. The monoisotopic (exact) mass is 312 g/mol. The average Bonchev–Trinajstić information content (AvgIpc) is 2.80. The van der Waals surface area contributed by atoms with Gasteiger partial charge in [-0.25, -0.2) is 0 Å². The van der Waals surface area contributed by atoms with Gasteiger partial charge in [0.15, 0.2) is 0 Å². The van der Waals surface area contributed by atoms with Crippen LogP contribution < -0.4 is 0 Å². The van der Waals surface area contributed by atoms with Gasteiger partial charge in [-0.1, -0.05) is 72.8 Å². The Kier molecular flexibility index (Phi) is 4.21. The van der Waals surface area contributed by atoms with Gasteiger partial charge >= 0.3 is 0 Å². The molecule has 0 aromatic heterocycles. The van der Waals surface area contributed by atoms with E-state index in [1.807, 2.05) is 0 Å². The zero-order valence-electron chi connectivity index (χ0n) is 14.2. The summed E-state index contributed by atoms with van der Waals surface area (Å²) < 4.78 is 0. The van der Waals surface area contributed by atoms with Crippen LogP contribution in [-0.2, 0) is 0 Å². The summed E-state index contributed by atoms with van der Waals surface area (Å²) in [4.78, 5) is 0. The van der Waals surface area contributed by atoms with Crippen molar-refractivity contribution in [3.8, 4) is 0 Å². The van der Waals surface area contributed by atoms with Crippen LogP contribution in [-0.4, -0.2) is 0 Å². The summed E-state index contributed by atoms with van der Waals surface area (Å²) >= 11 is 0. The van der Waals surface area contributed by atoms with Crippen LogP contribution in [0.5, 0.6) is 0 Å². The smallest absolute Gasteiger partial charge is 0.00577 e. The van der Waals surface area contributed by atoms with Crippen LogP contribution in [0.4, 0.5) is 0 Å². The Morgan fingerprint density at radius 1 is 0.542 bits per heavy atom. The molecular formula is C24H24. The van der Waals surface area contributed by atoms with Gasteiger partial charge in [0.2, 0.25) is 0 Å². The van der Waals surface area contributed by atoms with Gasteiger partial charge in [0, 0.05) is 0 Å². The average molecular weight is 312 g/mol. The molecule has 0 bridgehead atoms. The zero-order chi connectivity index (χ0) is 16.4. The minimum Gasteiger partial charge on any atom is -0.0992 e. The highest BCUT2D eigenvalue weighted by molar-refractivity contribution is 5.84. The highest BCUT2D eigenvalue weighted by Gasteiger charge is 2.25. The van der Waals surface area contributed by atoms with Crippen molar-refractivity contribution in [2.45, 2.75) is 38.5 Å². The van der Waals surface area contributed by atoms with Crippen LogP contribution in [0.25, 0.3) is 11.1 Å². The van der Waals surface area contributed by atoms with Gasteiger partial charge in [-0.3, -0.25) is 0 Å². The van der Waals surface area contributed by atoms with E-state index in [2.05, 4.69) is 67.2 Å². The second-order valence-corrected chi connectivity index (χ2v) is 6.96. The number of hydrogen-bond acceptors (Lipinski definition) is 0. The molecule has 4 rings (SSSR count). The number of fused-ring (bicyclic) bond motifs is 1. The Labute approximate surface area is 145 Å². The lowest BCUT2D eigenvalue weighted by atomic mass is 9.81. The Hall–Kier alpha value is -2.34. The molecule has 2 aromatic carbocycles. The number of rotatable bonds is 2. The standard InChI is InChI=1S/C24H24/c1-18-16-23(19-10-4-2-5-11-19)21-14-8-9-15-22(21)24(17-18)20-12-6-3-7-13-20/h2-7,10-13H,1,8-9,14-17H2. The highest BCUT2D eigenvalue weighted by atomic mass is 14.3. The Bertz CT molecular complexity index is 734. The third-order valence-corrected chi connectivity index (χ3v) is 5.29. The maximum atomic E-state index is 4.42. The van der Waals surface area contributed by atoms with Crippen molar-refractivity contribution in [2.75, 3.05) is 0 Å². The van der Waals surface area contributed by atoms with E-state index in [0.717, 1.165) is 12.8 Å². The first-order valence-electron chi connectivity index (χ1n) is 9.05. The molecule has 0 radical (unpaired) electrons. The number of benzene rings is 2. The van der Waals surface area contributed by atoms with Crippen LogP contribution in [0.2, 0.25) is 0 Å². The van der Waals surface area contributed by atoms with E-state index in [-0.39, 0.29) is 0 Å². The second kappa shape index (κ2) is 6.65. The van der Waals surface area contributed by atoms with Gasteiger partial charge in [-0.15, -0.1) is 0 Å². The number of hydrogen-bond donors (Lipinski definition) is 0. The lowest BCUT2D eigenvalue weighted by Crippen LogP contribution is -2.03. The van der Waals surface area contributed by atoms with Crippen LogP contribution in [0.3, 0.4) is 0 Å². The Morgan fingerprint density at radius 3 is 1.38 bits per heavy atom. The van der Waals surface area contributed by atoms with E-state index >= 15 is 0 Å². The second-order valence-electron chi connectivity index (χ2n) is 6.96. The molecule has 120 valence electrons. The zero-order valence-corrected chi connectivity index (χ0v) is 14.2. The molecule has 2 aromatic rings. The molecule has 0 amide bonds. The Morgan fingerprint density at radius 2 is 0.958 bits per heavy atom. The largest absolute Gasteiger partial charge is 0.0992 e. The SMILES string of the molecule is C=C1CC(c2ccccc2)=C2CCCCC2=C(c2ccccc2)C1. The molecule has 0 aliphatic heterocycles. The molecule has 1 saturated carbocycles. The molecule has 1 fully saturated rings. The predicted molar refractivity (Wildman–Crippen MR) is 104 cm³/mol. The molecule has 0 heterocycles. The topological polar surface area (TPSA) is 0 Å².